The lowest BCUT2D eigenvalue weighted by atomic mass is 10.2. The number of aromatic nitrogens is 2. The summed E-state index contributed by atoms with van der Waals surface area (Å²) in [4.78, 5) is 26.9. The van der Waals surface area contributed by atoms with Gasteiger partial charge in [-0.15, -0.1) is 0 Å². The number of carbonyl (C=O) groups excluding carboxylic acids is 1. The third kappa shape index (κ3) is 4.26. The molecule has 4 rings (SSSR count). The van der Waals surface area contributed by atoms with Gasteiger partial charge in [-0.05, 0) is 37.3 Å². The molecule has 1 unspecified atom stereocenters. The molecule has 2 atom stereocenters. The van der Waals surface area contributed by atoms with Crippen molar-refractivity contribution in [1.29, 1.82) is 5.26 Å². The summed E-state index contributed by atoms with van der Waals surface area (Å²) >= 11 is 0. The number of hydrogen-bond donors (Lipinski definition) is 2. The normalized spacial score (nSPS) is 17.4. The largest absolute Gasteiger partial charge is 0.489 e. The molecular formula is C23H20FN5O4. The number of carbonyl (C=O) groups is 1. The van der Waals surface area contributed by atoms with Gasteiger partial charge in [-0.25, -0.2) is 9.07 Å². The molecule has 1 aliphatic heterocycles. The number of aryl methyl sites for hydroxylation is 1. The van der Waals surface area contributed by atoms with Crippen LogP contribution in [0.5, 0.6) is 5.75 Å². The average Bonchev–Trinajstić information content (AvgIpc) is 2.90. The number of anilines is 1. The van der Waals surface area contributed by atoms with Gasteiger partial charge in [0.1, 0.15) is 24.2 Å². The second-order valence-corrected chi connectivity index (χ2v) is 7.60. The Morgan fingerprint density at radius 3 is 2.82 bits per heavy atom. The fourth-order valence-electron chi connectivity index (χ4n) is 3.60. The lowest BCUT2D eigenvalue weighted by molar-refractivity contribution is 0.0765. The molecule has 2 N–H and O–H groups in total. The molecule has 3 aromatic rings. The average molecular weight is 449 g/mol. The minimum Gasteiger partial charge on any atom is -0.489 e. The van der Waals surface area contributed by atoms with Crippen LogP contribution in [0, 0.1) is 24.1 Å². The van der Waals surface area contributed by atoms with Crippen LogP contribution in [0.15, 0.2) is 53.3 Å². The number of amides is 1. The van der Waals surface area contributed by atoms with Crippen LogP contribution < -0.4 is 20.4 Å². The molecule has 9 nitrogen and oxygen atoms in total. The Kier molecular flexibility index (Phi) is 5.81. The molecule has 0 saturated carbocycles. The van der Waals surface area contributed by atoms with E-state index in [4.69, 9.17) is 10.00 Å². The fourth-order valence-corrected chi connectivity index (χ4v) is 3.60. The molecule has 33 heavy (non-hydrogen) atoms. The Balaban J connectivity index is 1.61. The number of rotatable bonds is 3. The van der Waals surface area contributed by atoms with Crippen LogP contribution in [0.3, 0.4) is 0 Å². The molecule has 1 aliphatic rings. The molecule has 0 fully saturated rings. The number of benzene rings is 2. The van der Waals surface area contributed by atoms with Gasteiger partial charge in [-0.1, -0.05) is 6.07 Å². The Hall–Kier alpha value is -4.23. The molecule has 2 heterocycles. The Morgan fingerprint density at radius 2 is 2.09 bits per heavy atom. The van der Waals surface area contributed by atoms with E-state index in [0.29, 0.717) is 28.4 Å². The molecule has 1 aromatic heterocycles. The smallest absolute Gasteiger partial charge is 0.276 e. The number of ether oxygens (including phenoxy) is 1. The molecule has 0 radical (unpaired) electrons. The first kappa shape index (κ1) is 22.0. The zero-order valence-electron chi connectivity index (χ0n) is 17.8. The Morgan fingerprint density at radius 1 is 1.30 bits per heavy atom. The summed E-state index contributed by atoms with van der Waals surface area (Å²) < 4.78 is 20.7. The minimum absolute atomic E-state index is 0.108. The lowest BCUT2D eigenvalue weighted by Crippen LogP contribution is -2.53. The monoisotopic (exact) mass is 449 g/mol. The van der Waals surface area contributed by atoms with Crippen molar-refractivity contribution in [3.8, 4) is 17.5 Å². The predicted octanol–water partition coefficient (Wildman–Crippen LogP) is 1.50. The number of likely N-dealkylation sites (N-methyl/N-ethyl adjacent to an activating group) is 1. The van der Waals surface area contributed by atoms with E-state index in [1.54, 1.807) is 38.2 Å². The lowest BCUT2D eigenvalue weighted by Gasteiger charge is -2.29. The summed E-state index contributed by atoms with van der Waals surface area (Å²) in [6, 6.07) is 12.7. The number of hydrogen-bond acceptors (Lipinski definition) is 7. The summed E-state index contributed by atoms with van der Waals surface area (Å²) in [6.45, 7) is 1.51. The van der Waals surface area contributed by atoms with Crippen molar-refractivity contribution in [2.75, 3.05) is 18.6 Å². The van der Waals surface area contributed by atoms with Crippen LogP contribution in [0.1, 0.15) is 21.7 Å². The Bertz CT molecular complexity index is 1330. The number of aliphatic hydroxyl groups is 1. The van der Waals surface area contributed by atoms with E-state index in [9.17, 15) is 19.1 Å². The highest BCUT2D eigenvalue weighted by Crippen LogP contribution is 2.32. The fraction of sp³-hybridized carbons (Fsp3) is 0.217. The van der Waals surface area contributed by atoms with Gasteiger partial charge in [0.2, 0.25) is 5.43 Å². The van der Waals surface area contributed by atoms with E-state index in [1.165, 1.54) is 33.8 Å². The highest BCUT2D eigenvalue weighted by molar-refractivity contribution is 5.92. The number of fused-ring (bicyclic) bond motifs is 1. The minimum atomic E-state index is -1.18. The van der Waals surface area contributed by atoms with Crippen LogP contribution in [0.25, 0.3) is 5.69 Å². The van der Waals surface area contributed by atoms with Gasteiger partial charge in [0.25, 0.3) is 5.91 Å². The van der Waals surface area contributed by atoms with E-state index >= 15 is 0 Å². The zero-order chi connectivity index (χ0) is 23.7. The van der Waals surface area contributed by atoms with Crippen molar-refractivity contribution in [2.45, 2.75) is 19.2 Å². The van der Waals surface area contributed by atoms with Crippen LogP contribution >= 0.6 is 0 Å². The topological polar surface area (TPSA) is 120 Å². The molecule has 168 valence electrons. The van der Waals surface area contributed by atoms with E-state index in [1.807, 2.05) is 6.07 Å². The highest BCUT2D eigenvalue weighted by atomic mass is 19.1. The summed E-state index contributed by atoms with van der Waals surface area (Å²) in [5, 5.41) is 26.6. The summed E-state index contributed by atoms with van der Waals surface area (Å²) in [5.41, 5.74) is 0.678. The van der Waals surface area contributed by atoms with Gasteiger partial charge in [0.05, 0.1) is 23.0 Å². The van der Waals surface area contributed by atoms with Gasteiger partial charge < -0.3 is 20.1 Å². The maximum absolute atomic E-state index is 13.7. The van der Waals surface area contributed by atoms with Gasteiger partial charge in [0.15, 0.2) is 11.9 Å². The molecular weight excluding hydrogens is 429 g/mol. The third-order valence-corrected chi connectivity index (χ3v) is 5.34. The van der Waals surface area contributed by atoms with Gasteiger partial charge in [-0.3, -0.25) is 9.59 Å². The van der Waals surface area contributed by atoms with Crippen LogP contribution in [-0.4, -0.2) is 46.7 Å². The maximum atomic E-state index is 13.7. The second-order valence-electron chi connectivity index (χ2n) is 7.60. The second kappa shape index (κ2) is 8.72. The van der Waals surface area contributed by atoms with E-state index in [-0.39, 0.29) is 6.61 Å². The number of nitrogens with one attached hydrogen (secondary N) is 1. The number of halogens is 1. The summed E-state index contributed by atoms with van der Waals surface area (Å²) in [7, 11) is 1.62. The molecule has 0 bridgehead atoms. The number of nitriles is 1. The van der Waals surface area contributed by atoms with Crippen molar-refractivity contribution in [3.63, 3.8) is 0 Å². The van der Waals surface area contributed by atoms with Gasteiger partial charge in [0, 0.05) is 24.9 Å². The standard InChI is InChI=1S/C23H20FN5O4/c1-13-8-19(30)21(27-29(13)16-5-3-4-15(24)10-16)22(31)26-17-12-33-20-9-14(11-25)6-7-18(20)28(2)23(17)32/h3-10,17,23,32H,12H2,1-2H3,(H,26,31)/t17-,23?/m0/s1. The SMILES string of the molecule is Cc1cc(=O)c(C(=O)N[C@H]2COc3cc(C#N)ccc3N(C)C2O)nn1-c1cccc(F)c1. The van der Waals surface area contributed by atoms with Crippen molar-refractivity contribution >= 4 is 11.6 Å². The predicted molar refractivity (Wildman–Crippen MR) is 117 cm³/mol. The molecule has 0 saturated heterocycles. The zero-order valence-corrected chi connectivity index (χ0v) is 17.8. The van der Waals surface area contributed by atoms with E-state index < -0.39 is 35.1 Å². The molecule has 0 aliphatic carbocycles. The third-order valence-electron chi connectivity index (χ3n) is 5.34. The van der Waals surface area contributed by atoms with Crippen molar-refractivity contribution in [2.24, 2.45) is 0 Å². The molecule has 0 spiro atoms. The molecule has 1 amide bonds. The summed E-state index contributed by atoms with van der Waals surface area (Å²) in [5.74, 6) is -0.913. The molecule has 10 heteroatoms. The molecule has 2 aromatic carbocycles. The van der Waals surface area contributed by atoms with Crippen LogP contribution in [0.2, 0.25) is 0 Å². The summed E-state index contributed by atoms with van der Waals surface area (Å²) in [6.07, 6.45) is -1.18. The number of aliphatic hydroxyl groups excluding tert-OH is 1. The first-order valence-corrected chi connectivity index (χ1v) is 10.0. The van der Waals surface area contributed by atoms with Gasteiger partial charge >= 0.3 is 0 Å². The Labute approximate surface area is 188 Å². The first-order valence-electron chi connectivity index (χ1n) is 10.0. The first-order chi connectivity index (χ1) is 15.8. The van der Waals surface area contributed by atoms with Crippen molar-refractivity contribution < 1.29 is 19.0 Å². The van der Waals surface area contributed by atoms with E-state index in [0.717, 1.165) is 0 Å². The van der Waals surface area contributed by atoms with Crippen LogP contribution in [0.4, 0.5) is 10.1 Å². The van der Waals surface area contributed by atoms with Crippen molar-refractivity contribution in [3.05, 3.63) is 81.5 Å². The van der Waals surface area contributed by atoms with E-state index in [2.05, 4.69) is 10.4 Å². The number of nitrogens with zero attached hydrogens (tertiary/aromatic N) is 4. The quantitative estimate of drug-likeness (QED) is 0.622. The van der Waals surface area contributed by atoms with Gasteiger partial charge in [-0.2, -0.15) is 10.4 Å². The maximum Gasteiger partial charge on any atom is 0.276 e. The van der Waals surface area contributed by atoms with Crippen LogP contribution in [-0.2, 0) is 0 Å². The highest BCUT2D eigenvalue weighted by Gasteiger charge is 2.32. The van der Waals surface area contributed by atoms with Crippen molar-refractivity contribution in [1.82, 2.24) is 15.1 Å².